The van der Waals surface area contributed by atoms with Crippen molar-refractivity contribution in [3.05, 3.63) is 59.2 Å². The van der Waals surface area contributed by atoms with E-state index in [-0.39, 0.29) is 5.78 Å². The molecule has 0 atom stereocenters. The average Bonchev–Trinajstić information content (AvgIpc) is 2.53. The second-order valence-corrected chi connectivity index (χ2v) is 4.88. The van der Waals surface area contributed by atoms with E-state index in [2.05, 4.69) is 0 Å². The molecule has 0 heterocycles. The van der Waals surface area contributed by atoms with Gasteiger partial charge in [0.1, 0.15) is 11.5 Å². The molecule has 0 aromatic heterocycles. The zero-order valence-corrected chi connectivity index (χ0v) is 12.9. The van der Waals surface area contributed by atoms with Gasteiger partial charge < -0.3 is 15.2 Å². The van der Waals surface area contributed by atoms with Gasteiger partial charge in [-0.15, -0.1) is 0 Å². The summed E-state index contributed by atoms with van der Waals surface area (Å²) < 4.78 is 10.6. The van der Waals surface area contributed by atoms with Crippen LogP contribution in [0.2, 0.25) is 0 Å². The maximum atomic E-state index is 12.1. The Balaban J connectivity index is 2.27. The number of nitrogen functional groups attached to an aromatic ring is 1. The van der Waals surface area contributed by atoms with Crippen LogP contribution in [0.25, 0.3) is 6.08 Å². The molecular formula is C18H19NO3. The minimum atomic E-state index is -0.0875. The number of rotatable bonds is 5. The number of aryl methyl sites for hydroxylation is 1. The molecule has 0 aliphatic rings. The van der Waals surface area contributed by atoms with E-state index >= 15 is 0 Å². The molecule has 4 heteroatoms. The molecule has 0 bridgehead atoms. The van der Waals surface area contributed by atoms with Crippen LogP contribution in [0.15, 0.2) is 42.5 Å². The number of allylic oxidation sites excluding steroid dienone is 1. The van der Waals surface area contributed by atoms with E-state index in [1.54, 1.807) is 44.6 Å². The lowest BCUT2D eigenvalue weighted by atomic mass is 10.1. The van der Waals surface area contributed by atoms with E-state index in [4.69, 9.17) is 15.2 Å². The van der Waals surface area contributed by atoms with Crippen molar-refractivity contribution >= 4 is 17.5 Å². The Morgan fingerprint density at radius 2 is 1.68 bits per heavy atom. The Labute approximate surface area is 130 Å². The maximum Gasteiger partial charge on any atom is 0.185 e. The van der Waals surface area contributed by atoms with Gasteiger partial charge in [-0.25, -0.2) is 0 Å². The van der Waals surface area contributed by atoms with Crippen molar-refractivity contribution in [1.29, 1.82) is 0 Å². The zero-order chi connectivity index (χ0) is 16.1. The molecule has 22 heavy (non-hydrogen) atoms. The number of nitrogens with two attached hydrogens (primary N) is 1. The molecule has 2 aromatic carbocycles. The second-order valence-electron chi connectivity index (χ2n) is 4.88. The van der Waals surface area contributed by atoms with Crippen molar-refractivity contribution in [3.8, 4) is 11.5 Å². The summed E-state index contributed by atoms with van der Waals surface area (Å²) in [6.07, 6.45) is 3.26. The van der Waals surface area contributed by atoms with E-state index < -0.39 is 0 Å². The van der Waals surface area contributed by atoms with Gasteiger partial charge in [0.15, 0.2) is 5.78 Å². The molecular weight excluding hydrogens is 278 g/mol. The first kappa shape index (κ1) is 15.6. The van der Waals surface area contributed by atoms with E-state index in [9.17, 15) is 4.79 Å². The van der Waals surface area contributed by atoms with Crippen LogP contribution in [0.3, 0.4) is 0 Å². The third-order valence-electron chi connectivity index (χ3n) is 3.36. The summed E-state index contributed by atoms with van der Waals surface area (Å²) in [7, 11) is 3.20. The average molecular weight is 297 g/mol. The zero-order valence-electron chi connectivity index (χ0n) is 12.9. The van der Waals surface area contributed by atoms with Gasteiger partial charge >= 0.3 is 0 Å². The van der Waals surface area contributed by atoms with Crippen LogP contribution >= 0.6 is 0 Å². The van der Waals surface area contributed by atoms with Crippen LogP contribution in [0, 0.1) is 6.92 Å². The molecule has 0 aliphatic carbocycles. The smallest absolute Gasteiger partial charge is 0.185 e. The van der Waals surface area contributed by atoms with Gasteiger partial charge in [-0.2, -0.15) is 0 Å². The first-order chi connectivity index (χ1) is 10.5. The van der Waals surface area contributed by atoms with E-state index in [0.717, 1.165) is 16.9 Å². The number of methoxy groups -OCH3 is 2. The fourth-order valence-electron chi connectivity index (χ4n) is 2.13. The van der Waals surface area contributed by atoms with Gasteiger partial charge in [-0.1, -0.05) is 0 Å². The SMILES string of the molecule is COc1cc(OC)c(/C=C/C(=O)c2ccc(N)cc2)cc1C. The highest BCUT2D eigenvalue weighted by atomic mass is 16.5. The number of carbonyl (C=O) groups is 1. The molecule has 2 N–H and O–H groups in total. The van der Waals surface area contributed by atoms with E-state index in [0.29, 0.717) is 17.0 Å². The molecule has 2 aromatic rings. The Kier molecular flexibility index (Phi) is 4.84. The number of benzene rings is 2. The monoisotopic (exact) mass is 297 g/mol. The number of anilines is 1. The minimum Gasteiger partial charge on any atom is -0.496 e. The standard InChI is InChI=1S/C18H19NO3/c1-12-10-14(18(22-3)11-17(12)21-2)6-9-16(20)13-4-7-15(19)8-5-13/h4-11H,19H2,1-3H3/b9-6+. The molecule has 0 spiro atoms. The van der Waals surface area contributed by atoms with Gasteiger partial charge in [0.25, 0.3) is 0 Å². The number of ketones is 1. The maximum absolute atomic E-state index is 12.1. The fourth-order valence-corrected chi connectivity index (χ4v) is 2.13. The molecule has 4 nitrogen and oxygen atoms in total. The highest BCUT2D eigenvalue weighted by Crippen LogP contribution is 2.29. The predicted molar refractivity (Wildman–Crippen MR) is 88.5 cm³/mol. The summed E-state index contributed by atoms with van der Waals surface area (Å²) in [5.41, 5.74) is 8.64. The van der Waals surface area contributed by atoms with Gasteiger partial charge in [-0.3, -0.25) is 4.79 Å². The fraction of sp³-hybridized carbons (Fsp3) is 0.167. The predicted octanol–water partition coefficient (Wildman–Crippen LogP) is 3.49. The van der Waals surface area contributed by atoms with Crippen molar-refractivity contribution in [1.82, 2.24) is 0 Å². The number of ether oxygens (including phenoxy) is 2. The topological polar surface area (TPSA) is 61.5 Å². The van der Waals surface area contributed by atoms with Crippen LogP contribution < -0.4 is 15.2 Å². The molecule has 0 radical (unpaired) electrons. The van der Waals surface area contributed by atoms with Crippen LogP contribution in [0.1, 0.15) is 21.5 Å². The minimum absolute atomic E-state index is 0.0875. The largest absolute Gasteiger partial charge is 0.496 e. The first-order valence-electron chi connectivity index (χ1n) is 6.85. The highest BCUT2D eigenvalue weighted by Gasteiger charge is 2.07. The van der Waals surface area contributed by atoms with Gasteiger partial charge in [-0.05, 0) is 55.0 Å². The van der Waals surface area contributed by atoms with Crippen molar-refractivity contribution in [2.45, 2.75) is 6.92 Å². The van der Waals surface area contributed by atoms with Crippen LogP contribution in [-0.4, -0.2) is 20.0 Å². The van der Waals surface area contributed by atoms with Gasteiger partial charge in [0.2, 0.25) is 0 Å². The number of hydrogen-bond acceptors (Lipinski definition) is 4. The van der Waals surface area contributed by atoms with Crippen LogP contribution in [0.5, 0.6) is 11.5 Å². The quantitative estimate of drug-likeness (QED) is 0.521. The van der Waals surface area contributed by atoms with E-state index in [1.807, 2.05) is 19.1 Å². The normalized spacial score (nSPS) is 10.7. The molecule has 0 aliphatic heterocycles. The lowest BCUT2D eigenvalue weighted by Crippen LogP contribution is -1.96. The summed E-state index contributed by atoms with van der Waals surface area (Å²) in [6, 6.07) is 10.6. The van der Waals surface area contributed by atoms with Crippen molar-refractivity contribution in [2.24, 2.45) is 0 Å². The highest BCUT2D eigenvalue weighted by molar-refractivity contribution is 6.07. The molecule has 0 saturated heterocycles. The van der Waals surface area contributed by atoms with Gasteiger partial charge in [0.05, 0.1) is 14.2 Å². The summed E-state index contributed by atoms with van der Waals surface area (Å²) in [4.78, 5) is 12.1. The molecule has 0 amide bonds. The third kappa shape index (κ3) is 3.47. The Morgan fingerprint density at radius 1 is 1.05 bits per heavy atom. The first-order valence-corrected chi connectivity index (χ1v) is 6.85. The summed E-state index contributed by atoms with van der Waals surface area (Å²) in [5.74, 6) is 1.32. The number of hydrogen-bond donors (Lipinski definition) is 1. The summed E-state index contributed by atoms with van der Waals surface area (Å²) in [5, 5.41) is 0. The lowest BCUT2D eigenvalue weighted by Gasteiger charge is -2.10. The Bertz CT molecular complexity index is 703. The lowest BCUT2D eigenvalue weighted by molar-refractivity contribution is 0.104. The molecule has 0 fully saturated rings. The van der Waals surface area contributed by atoms with Gasteiger partial charge in [0, 0.05) is 22.9 Å². The Hall–Kier alpha value is -2.75. The summed E-state index contributed by atoms with van der Waals surface area (Å²) >= 11 is 0. The summed E-state index contributed by atoms with van der Waals surface area (Å²) in [6.45, 7) is 1.94. The number of carbonyl (C=O) groups excluding carboxylic acids is 1. The molecule has 2 rings (SSSR count). The van der Waals surface area contributed by atoms with Crippen molar-refractivity contribution < 1.29 is 14.3 Å². The van der Waals surface area contributed by atoms with Crippen molar-refractivity contribution in [3.63, 3.8) is 0 Å². The molecule has 0 unspecified atom stereocenters. The third-order valence-corrected chi connectivity index (χ3v) is 3.36. The van der Waals surface area contributed by atoms with Crippen LogP contribution in [0.4, 0.5) is 5.69 Å². The van der Waals surface area contributed by atoms with E-state index in [1.165, 1.54) is 6.08 Å². The molecule has 114 valence electrons. The van der Waals surface area contributed by atoms with Crippen molar-refractivity contribution in [2.75, 3.05) is 20.0 Å². The van der Waals surface area contributed by atoms with Crippen LogP contribution in [-0.2, 0) is 0 Å². The molecule has 0 saturated carbocycles. The Morgan fingerprint density at radius 3 is 2.27 bits per heavy atom. The second kappa shape index (κ2) is 6.80.